The number of ether oxygens (including phenoxy) is 9. The first-order chi connectivity index (χ1) is 34.3. The summed E-state index contributed by atoms with van der Waals surface area (Å²) in [4.78, 5) is 27.1. The molecule has 5 heterocycles. The second kappa shape index (κ2) is 26.6. The molecule has 0 amide bonds. The lowest BCUT2D eigenvalue weighted by Gasteiger charge is -2.52. The summed E-state index contributed by atoms with van der Waals surface area (Å²) in [6.45, 7) is 21.8. The summed E-state index contributed by atoms with van der Waals surface area (Å²) in [7, 11) is 1.52. The predicted octanol–water partition coefficient (Wildman–Crippen LogP) is 4.77. The molecule has 4 fully saturated rings. The van der Waals surface area contributed by atoms with Crippen molar-refractivity contribution in [3.63, 3.8) is 0 Å². The molecular weight excluding hydrogens is 949 g/mol. The van der Waals surface area contributed by atoms with Gasteiger partial charge in [0.2, 0.25) is 0 Å². The van der Waals surface area contributed by atoms with Gasteiger partial charge < -0.3 is 78.4 Å². The van der Waals surface area contributed by atoms with E-state index in [2.05, 4.69) is 0 Å². The Morgan fingerprint density at radius 1 is 0.616 bits per heavy atom. The molecule has 0 aromatic rings. The summed E-state index contributed by atoms with van der Waals surface area (Å²) in [6.07, 6.45) is 0.882. The van der Waals surface area contributed by atoms with Gasteiger partial charge in [0.1, 0.15) is 24.4 Å². The van der Waals surface area contributed by atoms with Crippen LogP contribution in [0.3, 0.4) is 0 Å². The van der Waals surface area contributed by atoms with Crippen LogP contribution in [0, 0.1) is 47.3 Å². The molecule has 0 bridgehead atoms. The van der Waals surface area contributed by atoms with Crippen LogP contribution in [-0.4, -0.2) is 164 Å². The molecule has 5 aliphatic rings. The van der Waals surface area contributed by atoms with Crippen molar-refractivity contribution in [3.8, 4) is 0 Å². The summed E-state index contributed by atoms with van der Waals surface area (Å²) >= 11 is 0. The summed E-state index contributed by atoms with van der Waals surface area (Å²) in [5.41, 5.74) is 0. The Hall–Kier alpha value is -2.66. The summed E-state index contributed by atoms with van der Waals surface area (Å²) in [5.74, 6) is -8.77. The van der Waals surface area contributed by atoms with E-state index in [1.165, 1.54) is 31.4 Å². The molecule has 0 aliphatic carbocycles. The normalized spacial score (nSPS) is 45.6. The van der Waals surface area contributed by atoms with Crippen LogP contribution in [0.1, 0.15) is 122 Å². The van der Waals surface area contributed by atoms with Crippen molar-refractivity contribution in [2.24, 2.45) is 47.3 Å². The lowest BCUT2D eigenvalue weighted by atomic mass is 9.76. The van der Waals surface area contributed by atoms with Crippen LogP contribution >= 0.6 is 0 Å². The van der Waals surface area contributed by atoms with Gasteiger partial charge in [-0.05, 0) is 40.5 Å². The van der Waals surface area contributed by atoms with Crippen LogP contribution in [0.4, 0.5) is 0 Å². The second-order valence-corrected chi connectivity index (χ2v) is 21.8. The highest BCUT2D eigenvalue weighted by Crippen LogP contribution is 2.46. The summed E-state index contributed by atoms with van der Waals surface area (Å²) in [5, 5.41) is 77.8. The number of aliphatic hydroxyl groups excluding tert-OH is 6. The molecular formula is C55H90O18. The first-order valence-corrected chi connectivity index (χ1v) is 26.8. The van der Waals surface area contributed by atoms with Gasteiger partial charge in [-0.25, -0.2) is 9.59 Å². The Balaban J connectivity index is 1.30. The minimum atomic E-state index is -1.87. The highest BCUT2D eigenvalue weighted by atomic mass is 16.7. The van der Waals surface area contributed by atoms with Crippen LogP contribution in [-0.2, 0) is 52.2 Å². The molecule has 5 rings (SSSR count). The number of esters is 2. The SMILES string of the molecule is CC[C@@H]1[C@@H](C)O[C@@](OC)([C@@H](C)[C@H](O)[C@H](C)[C@H]2OC(=O)/C=C/C=C/[C@H](C)[C@@H]([C@@H](C)[C@@H](O)[C@H](C)[C@@]3(O)C[C@@H](O[C@H]4C[C@H](O)[C@H](O)[C@H](C)O4)[C@H](CC)[C@@H](C)O3)OC(=O)/C=C/C=C/[C@@H]2C)C[C@H]1O[C@H]1C[C@H](O)[C@H](O)[C@H](C)O1. The van der Waals surface area contributed by atoms with Crippen LogP contribution in [0.15, 0.2) is 48.6 Å². The van der Waals surface area contributed by atoms with Crippen molar-refractivity contribution >= 4 is 11.9 Å². The quantitative estimate of drug-likeness (QED) is 0.109. The number of methoxy groups -OCH3 is 1. The van der Waals surface area contributed by atoms with Crippen molar-refractivity contribution in [1.29, 1.82) is 0 Å². The van der Waals surface area contributed by atoms with E-state index in [9.17, 15) is 45.3 Å². The number of cyclic esters (lactones) is 2. The third-order valence-electron chi connectivity index (χ3n) is 16.8. The summed E-state index contributed by atoms with van der Waals surface area (Å²) < 4.78 is 56.0. The molecule has 0 aromatic carbocycles. The molecule has 0 saturated carbocycles. The maximum atomic E-state index is 13.6. The van der Waals surface area contributed by atoms with Crippen LogP contribution in [0.25, 0.3) is 0 Å². The zero-order chi connectivity index (χ0) is 54.3. The van der Waals surface area contributed by atoms with E-state index in [-0.39, 0.29) is 43.6 Å². The molecule has 0 aromatic heterocycles. The lowest BCUT2D eigenvalue weighted by Crippen LogP contribution is -2.60. The number of rotatable bonds is 15. The van der Waals surface area contributed by atoms with Crippen molar-refractivity contribution in [2.45, 2.75) is 231 Å². The van der Waals surface area contributed by atoms with E-state index in [0.29, 0.717) is 12.8 Å². The maximum Gasteiger partial charge on any atom is 0.331 e. The molecule has 73 heavy (non-hydrogen) atoms. The van der Waals surface area contributed by atoms with Crippen molar-refractivity contribution in [3.05, 3.63) is 48.6 Å². The van der Waals surface area contributed by atoms with E-state index in [1.807, 2.05) is 48.5 Å². The monoisotopic (exact) mass is 1040 g/mol. The molecule has 0 radical (unpaired) electrons. The number of aliphatic hydroxyl groups is 7. The van der Waals surface area contributed by atoms with Gasteiger partial charge in [-0.3, -0.25) is 0 Å². The first kappa shape index (κ1) is 61.2. The topological polar surface area (TPSA) is 259 Å². The highest BCUT2D eigenvalue weighted by molar-refractivity contribution is 5.83. The van der Waals surface area contributed by atoms with Crippen LogP contribution in [0.2, 0.25) is 0 Å². The number of hydrogen-bond donors (Lipinski definition) is 7. The number of allylic oxidation sites excluding steroid dienone is 4. The van der Waals surface area contributed by atoms with Crippen LogP contribution < -0.4 is 0 Å². The van der Waals surface area contributed by atoms with Gasteiger partial charge in [0.15, 0.2) is 24.2 Å². The van der Waals surface area contributed by atoms with E-state index in [4.69, 9.17) is 42.6 Å². The molecule has 26 atom stereocenters. The Bertz CT molecular complexity index is 1850. The smallest absolute Gasteiger partial charge is 0.331 e. The Labute approximate surface area is 433 Å². The fourth-order valence-electron chi connectivity index (χ4n) is 11.9. The predicted molar refractivity (Wildman–Crippen MR) is 268 cm³/mol. The standard InChI is InChI=1S/C55H90O18/c1-14-38-34(9)72-54(64,26-42(38)68-46-24-40(56)50(62)36(11)66-46)32(7)48(60)30(5)52-28(3)20-16-18-23-45(59)71-53(29(4)21-17-19-22-44(58)70-52)31(6)49(61)33(8)55(65-13)27-43(39(15-2)35(10)73-55)69-47-25-41(57)51(63)37(12)67-47/h16-23,28-43,46-53,56-57,60-64H,14-15,24-27H2,1-13H3/b20-16+,21-17+,22-19+,23-18+/t28-,29-,30-,31-,32-,33-,34+,35+,36-,37-,38+,39+,40-,41-,42+,43+,46-,47-,48+,49+,50+,51+,52-,53-,54+,55+/m0/s1. The lowest BCUT2D eigenvalue weighted by molar-refractivity contribution is -0.352. The third kappa shape index (κ3) is 14.7. The molecule has 18 heteroatoms. The van der Waals surface area contributed by atoms with Crippen molar-refractivity contribution in [2.75, 3.05) is 7.11 Å². The molecule has 7 N–H and O–H groups in total. The molecule has 0 unspecified atom stereocenters. The van der Waals surface area contributed by atoms with Gasteiger partial charge in [-0.2, -0.15) is 0 Å². The highest BCUT2D eigenvalue weighted by Gasteiger charge is 2.55. The molecule has 18 nitrogen and oxygen atoms in total. The minimum absolute atomic E-state index is 0.0207. The minimum Gasteiger partial charge on any atom is -0.458 e. The fraction of sp³-hybridized carbons (Fsp3) is 0.818. The van der Waals surface area contributed by atoms with Gasteiger partial charge in [0.05, 0.1) is 61.0 Å². The molecule has 4 saturated heterocycles. The summed E-state index contributed by atoms with van der Waals surface area (Å²) in [6, 6.07) is 0. The number of hydrogen-bond acceptors (Lipinski definition) is 18. The van der Waals surface area contributed by atoms with Crippen molar-refractivity contribution in [1.82, 2.24) is 0 Å². The van der Waals surface area contributed by atoms with E-state index in [1.54, 1.807) is 58.9 Å². The zero-order valence-corrected chi connectivity index (χ0v) is 45.3. The average molecular weight is 1040 g/mol. The Kier molecular flexibility index (Phi) is 22.3. The van der Waals surface area contributed by atoms with Crippen LogP contribution in [0.5, 0.6) is 0 Å². The number of carbonyl (C=O) groups is 2. The fourth-order valence-corrected chi connectivity index (χ4v) is 11.9. The van der Waals surface area contributed by atoms with Gasteiger partial charge >= 0.3 is 11.9 Å². The number of carbonyl (C=O) groups excluding carboxylic acids is 2. The Morgan fingerprint density at radius 3 is 1.44 bits per heavy atom. The Morgan fingerprint density at radius 2 is 1.03 bits per heavy atom. The zero-order valence-electron chi connectivity index (χ0n) is 45.3. The second-order valence-electron chi connectivity index (χ2n) is 21.8. The van der Waals surface area contributed by atoms with E-state index in [0.717, 1.165) is 0 Å². The van der Waals surface area contributed by atoms with Gasteiger partial charge in [0.25, 0.3) is 0 Å². The van der Waals surface area contributed by atoms with Gasteiger partial charge in [-0.15, -0.1) is 0 Å². The molecule has 5 aliphatic heterocycles. The third-order valence-corrected chi connectivity index (χ3v) is 16.8. The largest absolute Gasteiger partial charge is 0.458 e. The molecule has 418 valence electrons. The van der Waals surface area contributed by atoms with E-state index < -0.39 is 151 Å². The molecule has 0 spiro atoms. The first-order valence-electron chi connectivity index (χ1n) is 26.8. The van der Waals surface area contributed by atoms with Crippen molar-refractivity contribution < 1.29 is 88.0 Å². The van der Waals surface area contributed by atoms with Gasteiger partial charge in [-0.1, -0.05) is 91.8 Å². The van der Waals surface area contributed by atoms with Gasteiger partial charge in [0, 0.05) is 92.3 Å². The average Bonchev–Trinajstić information content (AvgIpc) is 3.33. The van der Waals surface area contributed by atoms with E-state index >= 15 is 0 Å². The maximum absolute atomic E-state index is 13.6.